The highest BCUT2D eigenvalue weighted by atomic mass is 28.4. The number of carbonyl (C=O) groups is 2. The number of anilines is 1. The van der Waals surface area contributed by atoms with E-state index in [0.717, 1.165) is 32.8 Å². The lowest BCUT2D eigenvalue weighted by molar-refractivity contribution is -0.122. The Hall–Kier alpha value is -5.18. The zero-order valence-electron chi connectivity index (χ0n) is 34.6. The number of amides is 2. The van der Waals surface area contributed by atoms with E-state index in [0.29, 0.717) is 24.4 Å². The third-order valence-corrected chi connectivity index (χ3v) is 17.4. The van der Waals surface area contributed by atoms with Crippen molar-refractivity contribution in [2.24, 2.45) is 17.8 Å². The van der Waals surface area contributed by atoms with Crippen molar-refractivity contribution >= 4 is 67.5 Å². The quantitative estimate of drug-likeness (QED) is 0.0741. The molecule has 2 aromatic heterocycles. The molecule has 14 heteroatoms. The van der Waals surface area contributed by atoms with Crippen molar-refractivity contribution in [3.63, 3.8) is 0 Å². The number of hydrogen-bond acceptors (Lipinski definition) is 10. The number of hydrogen-bond donors (Lipinski definition) is 4. The van der Waals surface area contributed by atoms with Crippen LogP contribution in [0, 0.1) is 17.8 Å². The van der Waals surface area contributed by atoms with Gasteiger partial charge < -0.3 is 33.7 Å². The van der Waals surface area contributed by atoms with E-state index in [2.05, 4.69) is 50.0 Å². The molecular formula is C47H50B2N2O9Si. The third kappa shape index (κ3) is 8.29. The minimum atomic E-state index is -3.08. The summed E-state index contributed by atoms with van der Waals surface area (Å²) in [6.45, 7) is 6.57. The number of furan rings is 1. The average molecular weight is 837 g/mol. The molecule has 2 fully saturated rings. The van der Waals surface area contributed by atoms with Gasteiger partial charge in [-0.1, -0.05) is 99.6 Å². The Morgan fingerprint density at radius 1 is 0.918 bits per heavy atom. The Bertz CT molecular complexity index is 2380. The maximum absolute atomic E-state index is 14.7. The van der Waals surface area contributed by atoms with Crippen molar-refractivity contribution in [2.75, 3.05) is 11.5 Å². The standard InChI is InChI=1S/C47H50B2N2O9Si/c1-47(2,3)61(37-15-6-4-7-16-37,38-17-8-5-9-18-38)58-30-32-26-39-44(46(54)51(45(39)53)34-14-12-13-33(27-34)49(56)57)40-28-48(55)60-42(43(32)40)23-20-31(41-19-10-11-24-50-41)25-35-21-22-36(29-52)59-35/h4-19,21-22,24-25,27,39-40,42,44,52,55-57H,20,23,26,28-30H2,1-3H3/b31-25-/t39-,40+,42-,44-/m1/s1. The molecule has 3 aromatic carbocycles. The van der Waals surface area contributed by atoms with Gasteiger partial charge in [0.2, 0.25) is 11.8 Å². The van der Waals surface area contributed by atoms with Crippen LogP contribution in [0.4, 0.5) is 5.69 Å². The lowest BCUT2D eigenvalue weighted by Gasteiger charge is -2.46. The number of nitrogens with zero attached hydrogens (tertiary/aromatic N) is 2. The number of imide groups is 1. The number of benzene rings is 3. The van der Waals surface area contributed by atoms with Crippen LogP contribution in [-0.4, -0.2) is 72.2 Å². The minimum Gasteiger partial charge on any atom is -0.459 e. The number of fused-ring (bicyclic) bond motifs is 3. The molecule has 3 aliphatic rings. The molecule has 0 spiro atoms. The fourth-order valence-electron chi connectivity index (χ4n) is 9.77. The molecule has 4 atom stereocenters. The number of rotatable bonds is 13. The van der Waals surface area contributed by atoms with Crippen LogP contribution in [0.5, 0.6) is 0 Å². The van der Waals surface area contributed by atoms with Gasteiger partial charge in [-0.2, -0.15) is 0 Å². The largest absolute Gasteiger partial charge is 0.488 e. The second-order valence-corrected chi connectivity index (χ2v) is 21.4. The average Bonchev–Trinajstić information content (AvgIpc) is 3.83. The first-order valence-corrected chi connectivity index (χ1v) is 22.8. The Morgan fingerprint density at radius 2 is 1.62 bits per heavy atom. The van der Waals surface area contributed by atoms with Crippen LogP contribution in [0.3, 0.4) is 0 Å². The second kappa shape index (κ2) is 17.7. The van der Waals surface area contributed by atoms with Crippen LogP contribution in [0.1, 0.15) is 57.2 Å². The summed E-state index contributed by atoms with van der Waals surface area (Å²) >= 11 is 0. The first-order valence-electron chi connectivity index (χ1n) is 20.9. The summed E-state index contributed by atoms with van der Waals surface area (Å²) in [6, 6.07) is 36.0. The molecule has 2 saturated heterocycles. The Balaban J connectivity index is 1.22. The maximum atomic E-state index is 14.7. The molecule has 4 heterocycles. The molecule has 11 nitrogen and oxygen atoms in total. The fraction of sp³-hybridized carbons (Fsp3) is 0.298. The van der Waals surface area contributed by atoms with Gasteiger partial charge in [0.1, 0.15) is 18.1 Å². The summed E-state index contributed by atoms with van der Waals surface area (Å²) in [7, 11) is -6.07. The Labute approximate surface area is 357 Å². The monoisotopic (exact) mass is 836 g/mol. The molecule has 0 radical (unpaired) electrons. The van der Waals surface area contributed by atoms with Crippen molar-refractivity contribution in [2.45, 2.75) is 64.1 Å². The van der Waals surface area contributed by atoms with Crippen molar-refractivity contribution < 1.29 is 43.3 Å². The summed E-state index contributed by atoms with van der Waals surface area (Å²) in [5.74, 6) is -1.85. The molecule has 312 valence electrons. The van der Waals surface area contributed by atoms with E-state index in [4.69, 9.17) is 13.5 Å². The third-order valence-electron chi connectivity index (χ3n) is 12.4. The zero-order valence-corrected chi connectivity index (χ0v) is 35.6. The highest BCUT2D eigenvalue weighted by molar-refractivity contribution is 6.99. The van der Waals surface area contributed by atoms with E-state index in [9.17, 15) is 29.8 Å². The molecular weight excluding hydrogens is 786 g/mol. The molecule has 5 aromatic rings. The highest BCUT2D eigenvalue weighted by Gasteiger charge is 2.58. The number of carbonyl (C=O) groups excluding carboxylic acids is 2. The zero-order chi connectivity index (χ0) is 42.9. The number of aliphatic hydroxyl groups is 1. The van der Waals surface area contributed by atoms with Gasteiger partial charge in [-0.05, 0) is 112 Å². The van der Waals surface area contributed by atoms with E-state index in [-0.39, 0.29) is 48.1 Å². The number of allylic oxidation sites excluding steroid dienone is 1. The molecule has 4 N–H and O–H groups in total. The lowest BCUT2D eigenvalue weighted by Crippen LogP contribution is -2.66. The summed E-state index contributed by atoms with van der Waals surface area (Å²) in [4.78, 5) is 35.1. The lowest BCUT2D eigenvalue weighted by atomic mass is 9.58. The molecule has 2 aliphatic heterocycles. The first-order chi connectivity index (χ1) is 29.4. The van der Waals surface area contributed by atoms with E-state index < -0.39 is 52.3 Å². The van der Waals surface area contributed by atoms with Crippen molar-refractivity contribution in [3.05, 3.63) is 150 Å². The van der Waals surface area contributed by atoms with Gasteiger partial charge in [0.15, 0.2) is 0 Å². The van der Waals surface area contributed by atoms with Crippen molar-refractivity contribution in [3.8, 4) is 0 Å². The summed E-state index contributed by atoms with van der Waals surface area (Å²) in [5.41, 5.74) is 3.74. The fourth-order valence-corrected chi connectivity index (χ4v) is 14.3. The number of pyridine rings is 1. The first kappa shape index (κ1) is 42.5. The van der Waals surface area contributed by atoms with Gasteiger partial charge >= 0.3 is 14.2 Å². The van der Waals surface area contributed by atoms with Crippen LogP contribution in [0.25, 0.3) is 11.6 Å². The smallest absolute Gasteiger partial charge is 0.459 e. The topological polar surface area (TPSA) is 163 Å². The molecule has 0 bridgehead atoms. The van der Waals surface area contributed by atoms with E-state index in [1.54, 1.807) is 30.5 Å². The normalized spacial score (nSPS) is 20.9. The van der Waals surface area contributed by atoms with E-state index in [1.165, 1.54) is 17.0 Å². The maximum Gasteiger partial charge on any atom is 0.488 e. The van der Waals surface area contributed by atoms with Crippen LogP contribution < -0.4 is 20.7 Å². The molecule has 2 amide bonds. The van der Waals surface area contributed by atoms with Crippen molar-refractivity contribution in [1.29, 1.82) is 0 Å². The van der Waals surface area contributed by atoms with Gasteiger partial charge in [-0.25, -0.2) is 0 Å². The van der Waals surface area contributed by atoms with Crippen LogP contribution in [-0.2, 0) is 25.3 Å². The van der Waals surface area contributed by atoms with E-state index in [1.807, 2.05) is 60.7 Å². The predicted octanol–water partition coefficient (Wildman–Crippen LogP) is 4.75. The van der Waals surface area contributed by atoms with Crippen LogP contribution >= 0.6 is 0 Å². The molecule has 0 saturated carbocycles. The Kier molecular flexibility index (Phi) is 12.3. The highest BCUT2D eigenvalue weighted by Crippen LogP contribution is 2.52. The summed E-state index contributed by atoms with van der Waals surface area (Å²) in [5, 5.41) is 42.9. The molecule has 61 heavy (non-hydrogen) atoms. The van der Waals surface area contributed by atoms with E-state index >= 15 is 0 Å². The van der Waals surface area contributed by atoms with Gasteiger partial charge in [0.05, 0.1) is 35.9 Å². The van der Waals surface area contributed by atoms with Crippen LogP contribution in [0.2, 0.25) is 11.4 Å². The van der Waals surface area contributed by atoms with Gasteiger partial charge in [0, 0.05) is 6.20 Å². The summed E-state index contributed by atoms with van der Waals surface area (Å²) < 4.78 is 19.8. The summed E-state index contributed by atoms with van der Waals surface area (Å²) in [6.07, 6.45) is 4.17. The second-order valence-electron chi connectivity index (χ2n) is 17.1. The molecule has 1 aliphatic carbocycles. The van der Waals surface area contributed by atoms with Gasteiger partial charge in [0.25, 0.3) is 8.32 Å². The molecule has 0 unspecified atom stereocenters. The van der Waals surface area contributed by atoms with Gasteiger partial charge in [-0.3, -0.25) is 19.5 Å². The van der Waals surface area contributed by atoms with Crippen molar-refractivity contribution in [1.82, 2.24) is 4.98 Å². The minimum absolute atomic E-state index is 0.108. The SMILES string of the molecule is CC(C)(C)[Si](OCC1=C2[C@@H](CC/C(=C/c3ccc(CO)o3)c3ccccn3)OB(O)C[C@@H]2[C@@H]2C(=O)N(c3cccc(B(O)O)c3)C(=O)[C@@H]2C1)(c1ccccc1)c1ccccc1. The predicted molar refractivity (Wildman–Crippen MR) is 238 cm³/mol. The van der Waals surface area contributed by atoms with Gasteiger partial charge in [-0.15, -0.1) is 0 Å². The van der Waals surface area contributed by atoms with Crippen LogP contribution in [0.15, 0.2) is 137 Å². The Morgan fingerprint density at radius 3 is 2.25 bits per heavy atom. The molecule has 8 rings (SSSR count). The number of aromatic nitrogens is 1. The number of aliphatic hydroxyl groups excluding tert-OH is 1.